The molecule has 1 N–H and O–H groups in total. The van der Waals surface area contributed by atoms with Crippen molar-refractivity contribution in [3.8, 4) is 0 Å². The average Bonchev–Trinajstić information content (AvgIpc) is 2.66. The number of nitrogens with one attached hydrogen (secondary N) is 1. The maximum absolute atomic E-state index is 5.52. The standard InChI is InChI=1S/C21H39NO2Si/c1-23-25(3,24-2)20-14-9-7-5-4-6-8-13-18-22-19-17-21-15-11-10-12-16-21/h10-12,15-16,22H,4-9,13-14,17-20H2,1-3H3. The summed E-state index contributed by atoms with van der Waals surface area (Å²) in [5, 5.41) is 3.56. The lowest BCUT2D eigenvalue weighted by Crippen LogP contribution is -2.35. The van der Waals surface area contributed by atoms with Gasteiger partial charge in [0.2, 0.25) is 0 Å². The highest BCUT2D eigenvalue weighted by Gasteiger charge is 2.27. The molecule has 0 heterocycles. The molecule has 0 fully saturated rings. The van der Waals surface area contributed by atoms with Gasteiger partial charge in [0.1, 0.15) is 0 Å². The number of rotatable bonds is 16. The lowest BCUT2D eigenvalue weighted by Gasteiger charge is -2.22. The summed E-state index contributed by atoms with van der Waals surface area (Å²) in [7, 11) is 1.74. The minimum Gasteiger partial charge on any atom is -0.398 e. The predicted octanol–water partition coefficient (Wildman–Crippen LogP) is 5.30. The number of hydrogen-bond acceptors (Lipinski definition) is 3. The molecular formula is C21H39NO2Si. The van der Waals surface area contributed by atoms with Crippen LogP contribution in [0.2, 0.25) is 12.6 Å². The van der Waals surface area contributed by atoms with E-state index in [0.717, 1.165) is 25.6 Å². The van der Waals surface area contributed by atoms with Crippen molar-refractivity contribution in [3.63, 3.8) is 0 Å². The summed E-state index contributed by atoms with van der Waals surface area (Å²) < 4.78 is 11.0. The van der Waals surface area contributed by atoms with E-state index >= 15 is 0 Å². The van der Waals surface area contributed by atoms with Gasteiger partial charge < -0.3 is 14.2 Å². The van der Waals surface area contributed by atoms with Crippen molar-refractivity contribution in [3.05, 3.63) is 35.9 Å². The zero-order chi connectivity index (χ0) is 18.2. The fourth-order valence-corrected chi connectivity index (χ4v) is 4.51. The van der Waals surface area contributed by atoms with Gasteiger partial charge in [-0.05, 0) is 44.1 Å². The molecule has 0 saturated carbocycles. The van der Waals surface area contributed by atoms with E-state index in [0.29, 0.717) is 0 Å². The van der Waals surface area contributed by atoms with E-state index in [1.54, 1.807) is 14.2 Å². The molecule has 0 aliphatic rings. The molecule has 0 spiro atoms. The third kappa shape index (κ3) is 11.5. The van der Waals surface area contributed by atoms with E-state index in [4.69, 9.17) is 8.85 Å². The van der Waals surface area contributed by atoms with Crippen molar-refractivity contribution < 1.29 is 8.85 Å². The highest BCUT2D eigenvalue weighted by molar-refractivity contribution is 6.65. The van der Waals surface area contributed by atoms with Gasteiger partial charge in [-0.2, -0.15) is 0 Å². The first-order chi connectivity index (χ1) is 12.2. The highest BCUT2D eigenvalue weighted by Crippen LogP contribution is 2.17. The summed E-state index contributed by atoms with van der Waals surface area (Å²) in [6.45, 7) is 4.40. The summed E-state index contributed by atoms with van der Waals surface area (Å²) >= 11 is 0. The Hall–Kier alpha value is -0.683. The lowest BCUT2D eigenvalue weighted by atomic mass is 10.1. The third-order valence-electron chi connectivity index (χ3n) is 5.03. The molecule has 4 heteroatoms. The van der Waals surface area contributed by atoms with E-state index in [9.17, 15) is 0 Å². The van der Waals surface area contributed by atoms with E-state index in [2.05, 4.69) is 42.2 Å². The van der Waals surface area contributed by atoms with Gasteiger partial charge in [-0.3, -0.25) is 0 Å². The Bertz CT molecular complexity index is 410. The summed E-state index contributed by atoms with van der Waals surface area (Å²) in [4.78, 5) is 0. The first-order valence-electron chi connectivity index (χ1n) is 10.0. The van der Waals surface area contributed by atoms with Crippen molar-refractivity contribution in [2.45, 2.75) is 70.4 Å². The molecule has 0 amide bonds. The second kappa shape index (κ2) is 14.5. The van der Waals surface area contributed by atoms with Crippen molar-refractivity contribution in [1.29, 1.82) is 0 Å². The molecule has 0 aromatic heterocycles. The largest absolute Gasteiger partial charge is 0.398 e. The van der Waals surface area contributed by atoms with Crippen LogP contribution in [0.1, 0.15) is 56.9 Å². The third-order valence-corrected chi connectivity index (χ3v) is 8.02. The molecule has 0 radical (unpaired) electrons. The average molecular weight is 366 g/mol. The van der Waals surface area contributed by atoms with Gasteiger partial charge in [0.15, 0.2) is 0 Å². The Balaban J connectivity index is 1.80. The lowest BCUT2D eigenvalue weighted by molar-refractivity contribution is 0.248. The van der Waals surface area contributed by atoms with Crippen molar-refractivity contribution in [2.75, 3.05) is 27.3 Å². The Labute approximate surface area is 156 Å². The van der Waals surface area contributed by atoms with Crippen LogP contribution in [0.5, 0.6) is 0 Å². The van der Waals surface area contributed by atoms with Crippen LogP contribution in [0.3, 0.4) is 0 Å². The minimum absolute atomic E-state index is 1.09. The molecule has 0 unspecified atom stereocenters. The molecule has 0 saturated heterocycles. The van der Waals surface area contributed by atoms with Gasteiger partial charge in [0.05, 0.1) is 0 Å². The van der Waals surface area contributed by atoms with Crippen LogP contribution in [-0.4, -0.2) is 35.9 Å². The van der Waals surface area contributed by atoms with Crippen molar-refractivity contribution >= 4 is 8.56 Å². The van der Waals surface area contributed by atoms with Crippen LogP contribution in [0.25, 0.3) is 0 Å². The van der Waals surface area contributed by atoms with Gasteiger partial charge in [-0.15, -0.1) is 0 Å². The summed E-state index contributed by atoms with van der Waals surface area (Å²) in [5.74, 6) is 0. The van der Waals surface area contributed by atoms with E-state index in [1.807, 2.05) is 0 Å². The van der Waals surface area contributed by atoms with E-state index in [-0.39, 0.29) is 0 Å². The molecule has 1 aromatic rings. The van der Waals surface area contributed by atoms with E-state index in [1.165, 1.54) is 56.9 Å². The quantitative estimate of drug-likeness (QED) is 0.318. The second-order valence-electron chi connectivity index (χ2n) is 7.11. The molecule has 1 aromatic carbocycles. The van der Waals surface area contributed by atoms with Gasteiger partial charge in [-0.25, -0.2) is 0 Å². The fourth-order valence-electron chi connectivity index (χ4n) is 3.05. The first-order valence-corrected chi connectivity index (χ1v) is 12.6. The Morgan fingerprint density at radius 3 is 1.92 bits per heavy atom. The molecule has 144 valence electrons. The van der Waals surface area contributed by atoms with Gasteiger partial charge in [0.25, 0.3) is 0 Å². The van der Waals surface area contributed by atoms with Crippen molar-refractivity contribution in [1.82, 2.24) is 5.32 Å². The highest BCUT2D eigenvalue weighted by atomic mass is 28.4. The Kier molecular flexibility index (Phi) is 13.0. The maximum Gasteiger partial charge on any atom is 0.334 e. The topological polar surface area (TPSA) is 30.5 Å². The van der Waals surface area contributed by atoms with Crippen LogP contribution < -0.4 is 5.32 Å². The molecule has 0 aliphatic carbocycles. The molecule has 25 heavy (non-hydrogen) atoms. The molecule has 0 aliphatic heterocycles. The normalized spacial score (nSPS) is 11.8. The van der Waals surface area contributed by atoms with Crippen LogP contribution >= 0.6 is 0 Å². The zero-order valence-corrected chi connectivity index (χ0v) is 17.7. The number of hydrogen-bond donors (Lipinski definition) is 1. The zero-order valence-electron chi connectivity index (χ0n) is 16.7. The molecule has 0 bridgehead atoms. The van der Waals surface area contributed by atoms with E-state index < -0.39 is 8.56 Å². The van der Waals surface area contributed by atoms with Crippen molar-refractivity contribution in [2.24, 2.45) is 0 Å². The second-order valence-corrected chi connectivity index (χ2v) is 10.7. The monoisotopic (exact) mass is 365 g/mol. The maximum atomic E-state index is 5.52. The number of unbranched alkanes of at least 4 members (excludes halogenated alkanes) is 7. The van der Waals surface area contributed by atoms with Crippen LogP contribution in [0.4, 0.5) is 0 Å². The molecule has 1 rings (SSSR count). The Morgan fingerprint density at radius 2 is 1.32 bits per heavy atom. The van der Waals surface area contributed by atoms with Gasteiger partial charge >= 0.3 is 8.56 Å². The van der Waals surface area contributed by atoms with Crippen LogP contribution in [0.15, 0.2) is 30.3 Å². The summed E-state index contributed by atoms with van der Waals surface area (Å²) in [6, 6.07) is 11.8. The molecule has 3 nitrogen and oxygen atoms in total. The Morgan fingerprint density at radius 1 is 0.760 bits per heavy atom. The summed E-state index contributed by atoms with van der Waals surface area (Å²) in [6.07, 6.45) is 11.8. The first kappa shape index (κ1) is 22.4. The molecule has 0 atom stereocenters. The predicted molar refractivity (Wildman–Crippen MR) is 110 cm³/mol. The number of benzene rings is 1. The van der Waals surface area contributed by atoms with Gasteiger partial charge in [0, 0.05) is 14.2 Å². The fraction of sp³-hybridized carbons (Fsp3) is 0.714. The summed E-state index contributed by atoms with van der Waals surface area (Å²) in [5.41, 5.74) is 1.42. The molecular weight excluding hydrogens is 326 g/mol. The minimum atomic E-state index is -1.82. The smallest absolute Gasteiger partial charge is 0.334 e. The van der Waals surface area contributed by atoms with Crippen LogP contribution in [-0.2, 0) is 15.3 Å². The van der Waals surface area contributed by atoms with Crippen LogP contribution in [0, 0.1) is 0 Å². The van der Waals surface area contributed by atoms with Gasteiger partial charge in [-0.1, -0.05) is 75.3 Å². The SMILES string of the molecule is CO[Si](C)(CCCCCCCCCCNCCc1ccccc1)OC.